The number of ketones is 1. The molecule has 0 unspecified atom stereocenters. The number of carbonyl (C=O) groups is 1. The number of sulfonamides is 1. The molecule has 1 heterocycles. The van der Waals surface area contributed by atoms with Gasteiger partial charge in [-0.2, -0.15) is 0 Å². The number of rotatable bonds is 4. The second-order valence-corrected chi connectivity index (χ2v) is 9.81. The number of nitrogens with one attached hydrogen (secondary N) is 1. The minimum atomic E-state index is -3.69. The standard InChI is InChI=1S/C18H21NO3S2/c1-12(20)16-14-11-18(2,3)10-9-15(14)23-17(16)19-24(21,22)13-7-5-4-6-8-13/h4-8,19H,9-11H2,1-3H3. The molecule has 1 aromatic carbocycles. The van der Waals surface area contributed by atoms with E-state index in [2.05, 4.69) is 18.6 Å². The molecule has 24 heavy (non-hydrogen) atoms. The highest BCUT2D eigenvalue weighted by Crippen LogP contribution is 2.44. The van der Waals surface area contributed by atoms with E-state index >= 15 is 0 Å². The zero-order valence-electron chi connectivity index (χ0n) is 14.0. The number of hydrogen-bond donors (Lipinski definition) is 1. The summed E-state index contributed by atoms with van der Waals surface area (Å²) in [4.78, 5) is 13.5. The van der Waals surface area contributed by atoms with Crippen LogP contribution in [-0.2, 0) is 22.9 Å². The van der Waals surface area contributed by atoms with Gasteiger partial charge in [-0.15, -0.1) is 11.3 Å². The number of benzene rings is 1. The molecule has 1 N–H and O–H groups in total. The molecule has 0 atom stereocenters. The van der Waals surface area contributed by atoms with Crippen LogP contribution in [0.4, 0.5) is 5.00 Å². The van der Waals surface area contributed by atoms with Crippen molar-refractivity contribution in [1.82, 2.24) is 0 Å². The normalized spacial score (nSPS) is 16.5. The molecular formula is C18H21NO3S2. The van der Waals surface area contributed by atoms with Gasteiger partial charge in [0.05, 0.1) is 10.5 Å². The molecule has 6 heteroatoms. The Hall–Kier alpha value is -1.66. The summed E-state index contributed by atoms with van der Waals surface area (Å²) in [6.07, 6.45) is 2.74. The number of hydrogen-bond acceptors (Lipinski definition) is 4. The minimum absolute atomic E-state index is 0.0871. The summed E-state index contributed by atoms with van der Waals surface area (Å²) in [6.45, 7) is 5.88. The molecule has 1 aliphatic rings. The van der Waals surface area contributed by atoms with Gasteiger partial charge < -0.3 is 0 Å². The van der Waals surface area contributed by atoms with Crippen LogP contribution in [0.5, 0.6) is 0 Å². The predicted octanol–water partition coefficient (Wildman–Crippen LogP) is 4.27. The Morgan fingerprint density at radius 1 is 1.21 bits per heavy atom. The fourth-order valence-electron chi connectivity index (χ4n) is 3.14. The molecule has 0 aliphatic heterocycles. The van der Waals surface area contributed by atoms with Gasteiger partial charge in [-0.25, -0.2) is 8.42 Å². The van der Waals surface area contributed by atoms with Gasteiger partial charge in [0.25, 0.3) is 10.0 Å². The van der Waals surface area contributed by atoms with Gasteiger partial charge in [0.15, 0.2) is 5.78 Å². The van der Waals surface area contributed by atoms with Crippen molar-refractivity contribution in [3.63, 3.8) is 0 Å². The van der Waals surface area contributed by atoms with Gasteiger partial charge in [-0.1, -0.05) is 32.0 Å². The van der Waals surface area contributed by atoms with Crippen LogP contribution in [0.25, 0.3) is 0 Å². The first kappa shape index (κ1) is 17.2. The van der Waals surface area contributed by atoms with E-state index in [4.69, 9.17) is 0 Å². The van der Waals surface area contributed by atoms with Crippen LogP contribution in [0, 0.1) is 5.41 Å². The van der Waals surface area contributed by atoms with Crippen LogP contribution >= 0.6 is 11.3 Å². The van der Waals surface area contributed by atoms with E-state index in [1.54, 1.807) is 30.3 Å². The van der Waals surface area contributed by atoms with Gasteiger partial charge in [0, 0.05) is 4.88 Å². The third-order valence-corrected chi connectivity index (χ3v) is 7.11. The first-order valence-electron chi connectivity index (χ1n) is 7.93. The molecule has 0 spiro atoms. The number of anilines is 1. The predicted molar refractivity (Wildman–Crippen MR) is 97.4 cm³/mol. The fourth-order valence-corrected chi connectivity index (χ4v) is 5.74. The minimum Gasteiger partial charge on any atom is -0.294 e. The van der Waals surface area contributed by atoms with E-state index < -0.39 is 10.0 Å². The highest BCUT2D eigenvalue weighted by Gasteiger charge is 2.32. The van der Waals surface area contributed by atoms with Crippen molar-refractivity contribution in [3.8, 4) is 0 Å². The zero-order valence-corrected chi connectivity index (χ0v) is 15.7. The summed E-state index contributed by atoms with van der Waals surface area (Å²) in [6, 6.07) is 8.23. The monoisotopic (exact) mass is 363 g/mol. The second-order valence-electron chi connectivity index (χ2n) is 7.02. The van der Waals surface area contributed by atoms with E-state index in [1.165, 1.54) is 18.3 Å². The smallest absolute Gasteiger partial charge is 0.262 e. The molecule has 1 aliphatic carbocycles. The number of fused-ring (bicyclic) bond motifs is 1. The lowest BCUT2D eigenvalue weighted by Gasteiger charge is -2.29. The number of thiophene rings is 1. The maximum absolute atomic E-state index is 12.6. The molecule has 0 radical (unpaired) electrons. The maximum Gasteiger partial charge on any atom is 0.262 e. The van der Waals surface area contributed by atoms with Crippen LogP contribution in [0.3, 0.4) is 0 Å². The zero-order chi connectivity index (χ0) is 17.5. The summed E-state index contributed by atoms with van der Waals surface area (Å²) < 4.78 is 27.8. The molecule has 4 nitrogen and oxygen atoms in total. The first-order chi connectivity index (χ1) is 11.2. The molecule has 1 aromatic heterocycles. The third kappa shape index (κ3) is 3.26. The Morgan fingerprint density at radius 2 is 1.88 bits per heavy atom. The Balaban J connectivity index is 2.04. The lowest BCUT2D eigenvalue weighted by atomic mass is 9.76. The van der Waals surface area contributed by atoms with Gasteiger partial charge in [-0.3, -0.25) is 9.52 Å². The van der Waals surface area contributed by atoms with E-state index in [0.29, 0.717) is 10.6 Å². The number of aryl methyl sites for hydroxylation is 1. The molecule has 0 saturated heterocycles. The fraction of sp³-hybridized carbons (Fsp3) is 0.389. The molecule has 3 rings (SSSR count). The van der Waals surface area contributed by atoms with E-state index in [9.17, 15) is 13.2 Å². The molecule has 0 fully saturated rings. The molecule has 0 saturated carbocycles. The largest absolute Gasteiger partial charge is 0.294 e. The van der Waals surface area contributed by atoms with Gasteiger partial charge in [0.1, 0.15) is 5.00 Å². The van der Waals surface area contributed by atoms with Crippen molar-refractivity contribution >= 4 is 32.1 Å². The Morgan fingerprint density at radius 3 is 2.50 bits per heavy atom. The summed E-state index contributed by atoms with van der Waals surface area (Å²) in [5.41, 5.74) is 1.70. The van der Waals surface area contributed by atoms with Crippen LogP contribution in [-0.4, -0.2) is 14.2 Å². The molecule has 0 bridgehead atoms. The van der Waals surface area contributed by atoms with Gasteiger partial charge in [0.2, 0.25) is 0 Å². The Labute approximate surface area is 147 Å². The van der Waals surface area contributed by atoms with Gasteiger partial charge in [-0.05, 0) is 49.3 Å². The van der Waals surface area contributed by atoms with E-state index in [0.717, 1.165) is 29.7 Å². The Bertz CT molecular complexity index is 880. The summed E-state index contributed by atoms with van der Waals surface area (Å²) in [5, 5.41) is 0.453. The maximum atomic E-state index is 12.6. The van der Waals surface area contributed by atoms with Crippen LogP contribution in [0.1, 0.15) is 48.0 Å². The van der Waals surface area contributed by atoms with Crippen molar-refractivity contribution < 1.29 is 13.2 Å². The summed E-state index contributed by atoms with van der Waals surface area (Å²) in [5.74, 6) is -0.0871. The molecule has 0 amide bonds. The lowest BCUT2D eigenvalue weighted by molar-refractivity contribution is 0.101. The topological polar surface area (TPSA) is 63.2 Å². The van der Waals surface area contributed by atoms with Crippen LogP contribution < -0.4 is 4.72 Å². The average Bonchev–Trinajstić information content (AvgIpc) is 2.83. The van der Waals surface area contributed by atoms with Crippen molar-refractivity contribution in [2.24, 2.45) is 5.41 Å². The molecule has 2 aromatic rings. The highest BCUT2D eigenvalue weighted by atomic mass is 32.2. The van der Waals surface area contributed by atoms with E-state index in [1.807, 2.05) is 0 Å². The van der Waals surface area contributed by atoms with E-state index in [-0.39, 0.29) is 16.1 Å². The second kappa shape index (κ2) is 6.01. The molecule has 128 valence electrons. The Kier molecular flexibility index (Phi) is 4.30. The van der Waals surface area contributed by atoms with Crippen LogP contribution in [0.15, 0.2) is 35.2 Å². The van der Waals surface area contributed by atoms with Gasteiger partial charge >= 0.3 is 0 Å². The molecular weight excluding hydrogens is 342 g/mol. The number of Topliss-reactive ketones (excluding diaryl/α,β-unsaturated/α-hetero) is 1. The number of carbonyl (C=O) groups excluding carboxylic acids is 1. The van der Waals surface area contributed by atoms with Crippen LogP contribution in [0.2, 0.25) is 0 Å². The summed E-state index contributed by atoms with van der Waals surface area (Å²) >= 11 is 1.40. The quantitative estimate of drug-likeness (QED) is 0.825. The van der Waals surface area contributed by atoms with Crippen molar-refractivity contribution in [3.05, 3.63) is 46.3 Å². The lowest BCUT2D eigenvalue weighted by Crippen LogP contribution is -2.22. The SMILES string of the molecule is CC(=O)c1c(NS(=O)(=O)c2ccccc2)sc2c1CC(C)(C)CC2. The van der Waals surface area contributed by atoms with Crippen molar-refractivity contribution in [2.45, 2.75) is 44.9 Å². The third-order valence-electron chi connectivity index (χ3n) is 4.41. The van der Waals surface area contributed by atoms with Crippen molar-refractivity contribution in [2.75, 3.05) is 4.72 Å². The first-order valence-corrected chi connectivity index (χ1v) is 10.2. The highest BCUT2D eigenvalue weighted by molar-refractivity contribution is 7.93. The average molecular weight is 364 g/mol. The summed E-state index contributed by atoms with van der Waals surface area (Å²) in [7, 11) is -3.69. The van der Waals surface area contributed by atoms with Crippen molar-refractivity contribution in [1.29, 1.82) is 0 Å².